The normalized spacial score (nSPS) is 11.4. The maximum Gasteiger partial charge on any atom is 0.312 e. The molecule has 0 saturated heterocycles. The van der Waals surface area contributed by atoms with Crippen molar-refractivity contribution in [1.29, 1.82) is 0 Å². The summed E-state index contributed by atoms with van der Waals surface area (Å²) in [6.07, 6.45) is 3.63. The Balaban J connectivity index is 1.55. The van der Waals surface area contributed by atoms with Crippen LogP contribution in [0.25, 0.3) is 33.8 Å². The van der Waals surface area contributed by atoms with Gasteiger partial charge in [-0.2, -0.15) is 0 Å². The summed E-state index contributed by atoms with van der Waals surface area (Å²) in [5.41, 5.74) is 6.30. The van der Waals surface area contributed by atoms with E-state index in [-0.39, 0.29) is 6.61 Å². The van der Waals surface area contributed by atoms with Gasteiger partial charge >= 0.3 is 5.97 Å². The minimum Gasteiger partial charge on any atom is -0.481 e. The lowest BCUT2D eigenvalue weighted by atomic mass is 9.95. The number of pyridine rings is 1. The fourth-order valence-corrected chi connectivity index (χ4v) is 3.55. The van der Waals surface area contributed by atoms with E-state index in [9.17, 15) is 9.90 Å². The highest BCUT2D eigenvalue weighted by molar-refractivity contribution is 5.74. The number of carbonyl (C=O) groups is 1. The number of imidazole rings is 1. The second-order valence-corrected chi connectivity index (χ2v) is 8.86. The van der Waals surface area contributed by atoms with Gasteiger partial charge in [-0.3, -0.25) is 4.79 Å². The van der Waals surface area contributed by atoms with Crippen molar-refractivity contribution in [2.45, 2.75) is 27.7 Å². The van der Waals surface area contributed by atoms with E-state index < -0.39 is 11.4 Å². The lowest BCUT2D eigenvalue weighted by Crippen LogP contribution is -2.30. The molecule has 0 fully saturated rings. The summed E-state index contributed by atoms with van der Waals surface area (Å²) < 4.78 is 5.64. The Morgan fingerprint density at radius 3 is 2.33 bits per heavy atom. The highest BCUT2D eigenvalue weighted by Gasteiger charge is 2.28. The van der Waals surface area contributed by atoms with Gasteiger partial charge in [0.2, 0.25) is 5.88 Å². The minimum atomic E-state index is -0.979. The number of nitrogens with zero attached hydrogens (tertiary/aromatic N) is 2. The molecule has 0 aliphatic rings. The first-order chi connectivity index (χ1) is 15.7. The van der Waals surface area contributed by atoms with Crippen molar-refractivity contribution < 1.29 is 14.6 Å². The first-order valence-electron chi connectivity index (χ1n) is 10.8. The number of nitrogens with one attached hydrogen (secondary N) is 1. The molecule has 6 heteroatoms. The minimum absolute atomic E-state index is 0.0516. The van der Waals surface area contributed by atoms with Crippen LogP contribution in [0.2, 0.25) is 0 Å². The quantitative estimate of drug-likeness (QED) is 0.372. The standard InChI is InChI=1S/C27H27N3O3/c1-17-12-20(22-14-28-24(13-18(22)2)33-16-27(3,4)26(31)32)10-11-21(17)25-29-15-23(30-25)19-8-6-5-7-9-19/h5-15H,16H2,1-4H3,(H,29,30)(H,31,32). The van der Waals surface area contributed by atoms with E-state index in [2.05, 4.69) is 52.2 Å². The summed E-state index contributed by atoms with van der Waals surface area (Å²) in [5.74, 6) is 0.347. The van der Waals surface area contributed by atoms with Crippen molar-refractivity contribution in [3.8, 4) is 39.7 Å². The van der Waals surface area contributed by atoms with Crippen LogP contribution in [0.3, 0.4) is 0 Å². The highest BCUT2D eigenvalue weighted by Crippen LogP contribution is 2.31. The van der Waals surface area contributed by atoms with E-state index in [0.29, 0.717) is 5.88 Å². The van der Waals surface area contributed by atoms with Gasteiger partial charge in [0, 0.05) is 23.4 Å². The van der Waals surface area contributed by atoms with Gasteiger partial charge in [0.15, 0.2) is 0 Å². The molecule has 0 radical (unpaired) electrons. The fraction of sp³-hybridized carbons (Fsp3) is 0.222. The van der Waals surface area contributed by atoms with E-state index in [1.807, 2.05) is 37.4 Å². The summed E-state index contributed by atoms with van der Waals surface area (Å²) in [6.45, 7) is 7.37. The van der Waals surface area contributed by atoms with E-state index in [4.69, 9.17) is 4.74 Å². The predicted molar refractivity (Wildman–Crippen MR) is 129 cm³/mol. The monoisotopic (exact) mass is 441 g/mol. The molecule has 4 aromatic rings. The third-order valence-electron chi connectivity index (χ3n) is 5.70. The third kappa shape index (κ3) is 4.80. The number of rotatable bonds is 7. The van der Waals surface area contributed by atoms with Crippen LogP contribution in [0.4, 0.5) is 0 Å². The Bertz CT molecular complexity index is 1290. The zero-order valence-electron chi connectivity index (χ0n) is 19.2. The lowest BCUT2D eigenvalue weighted by molar-refractivity contribution is -0.148. The van der Waals surface area contributed by atoms with Gasteiger partial charge in [-0.25, -0.2) is 9.97 Å². The summed E-state index contributed by atoms with van der Waals surface area (Å²) in [6, 6.07) is 18.2. The van der Waals surface area contributed by atoms with Gasteiger partial charge in [-0.05, 0) is 49.9 Å². The smallest absolute Gasteiger partial charge is 0.312 e. The molecule has 0 bridgehead atoms. The number of hydrogen-bond donors (Lipinski definition) is 2. The van der Waals surface area contributed by atoms with Crippen LogP contribution in [0, 0.1) is 19.3 Å². The Hall–Kier alpha value is -3.93. The van der Waals surface area contributed by atoms with Gasteiger partial charge < -0.3 is 14.8 Å². The van der Waals surface area contributed by atoms with Crippen molar-refractivity contribution in [2.75, 3.05) is 6.61 Å². The summed E-state index contributed by atoms with van der Waals surface area (Å²) in [4.78, 5) is 23.7. The van der Waals surface area contributed by atoms with Crippen molar-refractivity contribution in [3.05, 3.63) is 78.1 Å². The van der Waals surface area contributed by atoms with Crippen LogP contribution in [-0.4, -0.2) is 32.6 Å². The van der Waals surface area contributed by atoms with Crippen molar-refractivity contribution in [2.24, 2.45) is 5.41 Å². The first kappa shape index (κ1) is 22.3. The molecule has 0 atom stereocenters. The van der Waals surface area contributed by atoms with Gasteiger partial charge in [-0.1, -0.05) is 48.5 Å². The lowest BCUT2D eigenvalue weighted by Gasteiger charge is -2.19. The largest absolute Gasteiger partial charge is 0.481 e. The van der Waals surface area contributed by atoms with Crippen molar-refractivity contribution in [3.63, 3.8) is 0 Å². The molecule has 33 heavy (non-hydrogen) atoms. The van der Waals surface area contributed by atoms with Gasteiger partial charge in [0.25, 0.3) is 0 Å². The Labute approximate surface area is 193 Å². The van der Waals surface area contributed by atoms with Crippen LogP contribution in [0.1, 0.15) is 25.0 Å². The van der Waals surface area contributed by atoms with E-state index in [1.54, 1.807) is 20.0 Å². The number of ether oxygens (including phenoxy) is 1. The third-order valence-corrected chi connectivity index (χ3v) is 5.70. The topological polar surface area (TPSA) is 88.1 Å². The van der Waals surface area contributed by atoms with Crippen molar-refractivity contribution >= 4 is 5.97 Å². The average molecular weight is 442 g/mol. The zero-order valence-corrected chi connectivity index (χ0v) is 19.2. The summed E-state index contributed by atoms with van der Waals surface area (Å²) in [5, 5.41) is 9.25. The second kappa shape index (κ2) is 8.90. The molecule has 168 valence electrons. The molecule has 2 N–H and O–H groups in total. The number of benzene rings is 2. The molecule has 0 amide bonds. The number of aryl methyl sites for hydroxylation is 2. The molecular formula is C27H27N3O3. The summed E-state index contributed by atoms with van der Waals surface area (Å²) >= 11 is 0. The average Bonchev–Trinajstić information content (AvgIpc) is 3.28. The van der Waals surface area contributed by atoms with Crippen LogP contribution in [0.15, 0.2) is 67.0 Å². The molecular weight excluding hydrogens is 414 g/mol. The Morgan fingerprint density at radius 2 is 1.67 bits per heavy atom. The number of aromatic nitrogens is 3. The molecule has 0 unspecified atom stereocenters. The second-order valence-electron chi connectivity index (χ2n) is 8.86. The number of hydrogen-bond acceptors (Lipinski definition) is 4. The number of carboxylic acids is 1. The molecule has 0 aliphatic heterocycles. The molecule has 2 aromatic heterocycles. The Morgan fingerprint density at radius 1 is 0.939 bits per heavy atom. The predicted octanol–water partition coefficient (Wildman–Crippen LogP) is 5.91. The fourth-order valence-electron chi connectivity index (χ4n) is 3.55. The molecule has 4 rings (SSSR count). The van der Waals surface area contributed by atoms with Gasteiger partial charge in [-0.15, -0.1) is 0 Å². The van der Waals surface area contributed by atoms with E-state index in [0.717, 1.165) is 44.9 Å². The van der Waals surface area contributed by atoms with Crippen LogP contribution in [0.5, 0.6) is 5.88 Å². The first-order valence-corrected chi connectivity index (χ1v) is 10.8. The van der Waals surface area contributed by atoms with Gasteiger partial charge in [0.05, 0.1) is 17.3 Å². The van der Waals surface area contributed by atoms with Crippen LogP contribution in [-0.2, 0) is 4.79 Å². The Kier molecular flexibility index (Phi) is 6.01. The van der Waals surface area contributed by atoms with E-state index >= 15 is 0 Å². The molecule has 2 heterocycles. The van der Waals surface area contributed by atoms with Gasteiger partial charge in [0.1, 0.15) is 12.4 Å². The van der Waals surface area contributed by atoms with Crippen LogP contribution >= 0.6 is 0 Å². The molecule has 2 aromatic carbocycles. The van der Waals surface area contributed by atoms with E-state index in [1.165, 1.54) is 0 Å². The maximum absolute atomic E-state index is 11.3. The maximum atomic E-state index is 11.3. The molecule has 6 nitrogen and oxygen atoms in total. The highest BCUT2D eigenvalue weighted by atomic mass is 16.5. The zero-order chi connectivity index (χ0) is 23.6. The number of aliphatic carboxylic acids is 1. The number of H-pyrrole nitrogens is 1. The summed E-state index contributed by atoms with van der Waals surface area (Å²) in [7, 11) is 0. The SMILES string of the molecule is Cc1cc(OCC(C)(C)C(=O)O)ncc1-c1ccc(-c2ncc(-c3ccccc3)[nH]2)c(C)c1. The molecule has 0 spiro atoms. The number of aromatic amines is 1. The molecule has 0 saturated carbocycles. The number of carboxylic acid groups (broad SMARTS) is 1. The van der Waals surface area contributed by atoms with Crippen LogP contribution < -0.4 is 4.74 Å². The van der Waals surface area contributed by atoms with Crippen molar-refractivity contribution in [1.82, 2.24) is 15.0 Å². The molecule has 0 aliphatic carbocycles.